The summed E-state index contributed by atoms with van der Waals surface area (Å²) in [5.41, 5.74) is 12.2. The molecule has 0 bridgehead atoms. The summed E-state index contributed by atoms with van der Waals surface area (Å²) in [5.74, 6) is -0.424. The molecule has 0 aliphatic heterocycles. The van der Waals surface area contributed by atoms with E-state index in [-0.39, 0.29) is 0 Å². The van der Waals surface area contributed by atoms with Crippen molar-refractivity contribution in [3.8, 4) is 0 Å². The Kier molecular flexibility index (Phi) is 4.76. The van der Waals surface area contributed by atoms with E-state index in [0.717, 1.165) is 16.7 Å². The molecule has 88 valence electrons. The molecule has 0 radical (unpaired) electrons. The van der Waals surface area contributed by atoms with Crippen molar-refractivity contribution < 1.29 is 4.79 Å². The lowest BCUT2D eigenvalue weighted by Gasteiger charge is -2.24. The number of likely N-dealkylation sites (N-methyl/N-ethyl adjacent to an activating group) is 1. The molecule has 1 aromatic carbocycles. The molecule has 0 atom stereocenters. The van der Waals surface area contributed by atoms with Crippen molar-refractivity contribution in [1.29, 1.82) is 0 Å². The number of nitrogens with zero attached hydrogens (tertiary/aromatic N) is 1. The van der Waals surface area contributed by atoms with Gasteiger partial charge in [0.05, 0.1) is 5.56 Å². The summed E-state index contributed by atoms with van der Waals surface area (Å²) >= 11 is 3.32. The van der Waals surface area contributed by atoms with Crippen LogP contribution in [-0.2, 0) is 0 Å². The van der Waals surface area contributed by atoms with Crippen LogP contribution >= 0.6 is 15.9 Å². The van der Waals surface area contributed by atoms with Crippen LogP contribution < -0.4 is 16.4 Å². The van der Waals surface area contributed by atoms with Gasteiger partial charge in [-0.05, 0) is 25.1 Å². The fourth-order valence-electron chi connectivity index (χ4n) is 1.59. The summed E-state index contributed by atoms with van der Waals surface area (Å²) in [6, 6.07) is 5.50. The fraction of sp³-hybridized carbons (Fsp3) is 0.364. The molecule has 16 heavy (non-hydrogen) atoms. The van der Waals surface area contributed by atoms with E-state index >= 15 is 0 Å². The summed E-state index contributed by atoms with van der Waals surface area (Å²) in [7, 11) is 0. The normalized spacial score (nSPS) is 10.2. The largest absolute Gasteiger partial charge is 0.370 e. The molecule has 0 spiro atoms. The Bertz CT molecular complexity index is 381. The summed E-state index contributed by atoms with van der Waals surface area (Å²) in [6.07, 6.45) is 0. The third kappa shape index (κ3) is 2.96. The third-order valence-corrected chi connectivity index (χ3v) is 2.84. The van der Waals surface area contributed by atoms with Crippen molar-refractivity contribution in [2.24, 2.45) is 11.5 Å². The highest BCUT2D eigenvalue weighted by Crippen LogP contribution is 2.24. The van der Waals surface area contributed by atoms with Gasteiger partial charge < -0.3 is 16.4 Å². The van der Waals surface area contributed by atoms with Crippen LogP contribution in [0.2, 0.25) is 0 Å². The van der Waals surface area contributed by atoms with Gasteiger partial charge in [-0.2, -0.15) is 0 Å². The molecule has 0 aliphatic carbocycles. The van der Waals surface area contributed by atoms with Gasteiger partial charge in [-0.25, -0.2) is 0 Å². The molecular formula is C11H16BrN3O. The van der Waals surface area contributed by atoms with Gasteiger partial charge in [-0.1, -0.05) is 15.9 Å². The van der Waals surface area contributed by atoms with E-state index in [1.807, 2.05) is 24.0 Å². The number of halogens is 1. The topological polar surface area (TPSA) is 72.3 Å². The number of rotatable bonds is 5. The second-order valence-corrected chi connectivity index (χ2v) is 4.31. The SMILES string of the molecule is CCN(CCN)c1ccc(Br)cc1C(N)=O. The zero-order valence-electron chi connectivity index (χ0n) is 9.24. The molecule has 1 aromatic rings. The van der Waals surface area contributed by atoms with Gasteiger partial charge in [0.15, 0.2) is 0 Å². The minimum absolute atomic E-state index is 0.424. The first kappa shape index (κ1) is 13.0. The highest BCUT2D eigenvalue weighted by atomic mass is 79.9. The molecule has 4 nitrogen and oxygen atoms in total. The summed E-state index contributed by atoms with van der Waals surface area (Å²) in [6.45, 7) is 4.06. The first-order valence-corrected chi connectivity index (χ1v) is 5.93. The molecule has 0 fully saturated rings. The number of carbonyl (C=O) groups is 1. The number of hydrogen-bond donors (Lipinski definition) is 2. The molecule has 0 unspecified atom stereocenters. The molecular weight excluding hydrogens is 270 g/mol. The lowest BCUT2D eigenvalue weighted by atomic mass is 10.1. The number of hydrogen-bond acceptors (Lipinski definition) is 3. The summed E-state index contributed by atoms with van der Waals surface area (Å²) < 4.78 is 0.842. The summed E-state index contributed by atoms with van der Waals surface area (Å²) in [4.78, 5) is 13.4. The quantitative estimate of drug-likeness (QED) is 0.857. The zero-order valence-corrected chi connectivity index (χ0v) is 10.8. The molecule has 0 saturated carbocycles. The second kappa shape index (κ2) is 5.86. The minimum atomic E-state index is -0.424. The third-order valence-electron chi connectivity index (χ3n) is 2.35. The average Bonchev–Trinajstić information content (AvgIpc) is 2.26. The lowest BCUT2D eigenvalue weighted by molar-refractivity contribution is 0.100. The summed E-state index contributed by atoms with van der Waals surface area (Å²) in [5, 5.41) is 0. The maximum Gasteiger partial charge on any atom is 0.250 e. The molecule has 0 saturated heterocycles. The number of primary amides is 1. The van der Waals surface area contributed by atoms with Crippen molar-refractivity contribution in [3.05, 3.63) is 28.2 Å². The number of anilines is 1. The van der Waals surface area contributed by atoms with Gasteiger partial charge in [-0.3, -0.25) is 4.79 Å². The van der Waals surface area contributed by atoms with Gasteiger partial charge in [0.25, 0.3) is 5.91 Å². The Morgan fingerprint density at radius 2 is 2.19 bits per heavy atom. The van der Waals surface area contributed by atoms with Crippen LogP contribution in [0.1, 0.15) is 17.3 Å². The fourth-order valence-corrected chi connectivity index (χ4v) is 1.95. The van der Waals surface area contributed by atoms with E-state index in [4.69, 9.17) is 11.5 Å². The van der Waals surface area contributed by atoms with E-state index in [1.54, 1.807) is 6.07 Å². The molecule has 0 aromatic heterocycles. The number of nitrogens with two attached hydrogens (primary N) is 2. The highest BCUT2D eigenvalue weighted by Gasteiger charge is 2.13. The van der Waals surface area contributed by atoms with E-state index in [2.05, 4.69) is 15.9 Å². The first-order valence-electron chi connectivity index (χ1n) is 5.14. The Morgan fingerprint density at radius 1 is 1.50 bits per heavy atom. The van der Waals surface area contributed by atoms with E-state index in [0.29, 0.717) is 18.7 Å². The Morgan fingerprint density at radius 3 is 2.69 bits per heavy atom. The number of amides is 1. The monoisotopic (exact) mass is 285 g/mol. The van der Waals surface area contributed by atoms with Crippen molar-refractivity contribution in [1.82, 2.24) is 0 Å². The average molecular weight is 286 g/mol. The van der Waals surface area contributed by atoms with Crippen molar-refractivity contribution >= 4 is 27.5 Å². The van der Waals surface area contributed by atoms with Crippen molar-refractivity contribution in [2.45, 2.75) is 6.92 Å². The van der Waals surface area contributed by atoms with Gasteiger partial charge >= 0.3 is 0 Å². The number of carbonyl (C=O) groups excluding carboxylic acids is 1. The molecule has 5 heteroatoms. The predicted molar refractivity (Wildman–Crippen MR) is 69.6 cm³/mol. The predicted octanol–water partition coefficient (Wildman–Crippen LogP) is 1.33. The smallest absolute Gasteiger partial charge is 0.250 e. The van der Waals surface area contributed by atoms with Gasteiger partial charge in [0.2, 0.25) is 0 Å². The zero-order chi connectivity index (χ0) is 12.1. The van der Waals surface area contributed by atoms with Gasteiger partial charge in [0.1, 0.15) is 0 Å². The standard InChI is InChI=1S/C11H16BrN3O/c1-2-15(6-5-13)10-4-3-8(12)7-9(10)11(14)16/h3-4,7H,2,5-6,13H2,1H3,(H2,14,16). The van der Waals surface area contributed by atoms with Crippen LogP contribution in [0.15, 0.2) is 22.7 Å². The number of benzene rings is 1. The molecule has 0 aliphatic rings. The van der Waals surface area contributed by atoms with Crippen LogP contribution in [0.4, 0.5) is 5.69 Å². The van der Waals surface area contributed by atoms with Crippen LogP contribution in [0.3, 0.4) is 0 Å². The van der Waals surface area contributed by atoms with E-state index < -0.39 is 5.91 Å². The first-order chi connectivity index (χ1) is 7.60. The van der Waals surface area contributed by atoms with Crippen LogP contribution in [0.5, 0.6) is 0 Å². The van der Waals surface area contributed by atoms with Gasteiger partial charge in [-0.15, -0.1) is 0 Å². The van der Waals surface area contributed by atoms with Crippen molar-refractivity contribution in [2.75, 3.05) is 24.5 Å². The van der Waals surface area contributed by atoms with Gasteiger partial charge in [0, 0.05) is 29.8 Å². The lowest BCUT2D eigenvalue weighted by Crippen LogP contribution is -2.31. The molecule has 4 N–H and O–H groups in total. The Balaban J connectivity index is 3.14. The Labute approximate surface area is 104 Å². The maximum atomic E-state index is 11.3. The minimum Gasteiger partial charge on any atom is -0.370 e. The van der Waals surface area contributed by atoms with Crippen LogP contribution in [-0.4, -0.2) is 25.5 Å². The van der Waals surface area contributed by atoms with Crippen LogP contribution in [0, 0.1) is 0 Å². The van der Waals surface area contributed by atoms with E-state index in [9.17, 15) is 4.79 Å². The molecule has 1 amide bonds. The maximum absolute atomic E-state index is 11.3. The molecule has 1 rings (SSSR count). The molecule has 0 heterocycles. The Hall–Kier alpha value is -1.07. The highest BCUT2D eigenvalue weighted by molar-refractivity contribution is 9.10. The van der Waals surface area contributed by atoms with Crippen molar-refractivity contribution in [3.63, 3.8) is 0 Å². The second-order valence-electron chi connectivity index (χ2n) is 3.39. The van der Waals surface area contributed by atoms with E-state index in [1.165, 1.54) is 0 Å². The van der Waals surface area contributed by atoms with Crippen LogP contribution in [0.25, 0.3) is 0 Å².